The first-order chi connectivity index (χ1) is 20.0. The van der Waals surface area contributed by atoms with Gasteiger partial charge in [0.2, 0.25) is 17.7 Å². The van der Waals surface area contributed by atoms with Crippen LogP contribution in [-0.2, 0) is 19.1 Å². The Balaban J connectivity index is 2.53. The highest BCUT2D eigenvalue weighted by Gasteiger charge is 2.37. The molecule has 4 amide bonds. The maximum Gasteiger partial charge on any atom is 0.408 e. The molecule has 0 spiro atoms. The van der Waals surface area contributed by atoms with Crippen LogP contribution >= 0.6 is 0 Å². The van der Waals surface area contributed by atoms with Crippen LogP contribution in [0.2, 0.25) is 0 Å². The van der Waals surface area contributed by atoms with Crippen molar-refractivity contribution in [2.24, 2.45) is 5.73 Å². The Morgan fingerprint density at radius 1 is 1.07 bits per heavy atom. The highest BCUT2D eigenvalue weighted by Crippen LogP contribution is 2.28. The highest BCUT2D eigenvalue weighted by atomic mass is 16.6. The smallest absolute Gasteiger partial charge is 0.408 e. The summed E-state index contributed by atoms with van der Waals surface area (Å²) in [5.74, 6) is 1.27. The molecule has 2 unspecified atom stereocenters. The minimum atomic E-state index is -1.13. The Kier molecular flexibility index (Phi) is 14.4. The molecule has 0 heterocycles. The largest absolute Gasteiger partial charge is 0.444 e. The van der Waals surface area contributed by atoms with Crippen molar-refractivity contribution in [3.05, 3.63) is 35.4 Å². The van der Waals surface area contributed by atoms with Gasteiger partial charge in [0.25, 0.3) is 0 Å². The molecule has 232 valence electrons. The lowest BCUT2D eigenvalue weighted by atomic mass is 9.93. The van der Waals surface area contributed by atoms with Crippen molar-refractivity contribution in [1.29, 1.82) is 0 Å². The van der Waals surface area contributed by atoms with E-state index in [1.54, 1.807) is 45.0 Å². The number of primary amides is 1. The number of hydrogen-bond donors (Lipinski definition) is 3. The molecule has 2 rings (SSSR count). The fraction of sp³-hybridized carbons (Fsp3) is 0.636. The van der Waals surface area contributed by atoms with E-state index in [9.17, 15) is 19.2 Å². The van der Waals surface area contributed by atoms with Crippen molar-refractivity contribution < 1.29 is 23.9 Å². The van der Waals surface area contributed by atoms with Gasteiger partial charge in [-0.05, 0) is 58.1 Å². The van der Waals surface area contributed by atoms with Crippen LogP contribution < -0.4 is 16.4 Å². The quantitative estimate of drug-likeness (QED) is 0.195. The summed E-state index contributed by atoms with van der Waals surface area (Å²) in [7, 11) is 0. The number of ether oxygens (including phenoxy) is 1. The fourth-order valence-corrected chi connectivity index (χ4v) is 5.29. The molecule has 0 aromatic heterocycles. The maximum absolute atomic E-state index is 14.4. The molecule has 0 saturated heterocycles. The summed E-state index contributed by atoms with van der Waals surface area (Å²) in [6.07, 6.45) is 14.5. The summed E-state index contributed by atoms with van der Waals surface area (Å²) in [5, 5.41) is 5.83. The number of nitrogens with two attached hydrogens (primary N) is 1. The number of rotatable bonds is 15. The first kappa shape index (κ1) is 34.7. The fourth-order valence-electron chi connectivity index (χ4n) is 5.29. The number of hydrogen-bond acceptors (Lipinski definition) is 5. The monoisotopic (exact) mass is 582 g/mol. The van der Waals surface area contributed by atoms with Gasteiger partial charge >= 0.3 is 6.09 Å². The lowest BCUT2D eigenvalue weighted by Crippen LogP contribution is -2.54. The van der Waals surface area contributed by atoms with E-state index in [1.165, 1.54) is 4.90 Å². The van der Waals surface area contributed by atoms with Crippen LogP contribution in [0.15, 0.2) is 24.3 Å². The van der Waals surface area contributed by atoms with E-state index in [0.29, 0.717) is 17.5 Å². The minimum absolute atomic E-state index is 0.0128. The second kappa shape index (κ2) is 17.4. The van der Waals surface area contributed by atoms with E-state index in [-0.39, 0.29) is 31.3 Å². The van der Waals surface area contributed by atoms with E-state index in [1.807, 2.05) is 0 Å². The van der Waals surface area contributed by atoms with Crippen LogP contribution in [0.25, 0.3) is 0 Å². The number of amides is 4. The number of terminal acetylenes is 1. The molecule has 0 aliphatic heterocycles. The van der Waals surface area contributed by atoms with E-state index in [0.717, 1.165) is 57.8 Å². The van der Waals surface area contributed by atoms with Gasteiger partial charge in [0.1, 0.15) is 17.7 Å². The maximum atomic E-state index is 14.4. The summed E-state index contributed by atoms with van der Waals surface area (Å²) < 4.78 is 5.42. The zero-order valence-corrected chi connectivity index (χ0v) is 25.9. The van der Waals surface area contributed by atoms with Gasteiger partial charge in [-0.15, -0.1) is 6.42 Å². The SMILES string of the molecule is C#Cc1ccccc1C(C(=O)NC1CCCCC1)N(CCCCCCC)C(=O)C(CCC(N)=O)NC(=O)OC(C)(C)C. The molecule has 42 heavy (non-hydrogen) atoms. The molecule has 4 N–H and O–H groups in total. The third-order valence-electron chi connectivity index (χ3n) is 7.38. The van der Waals surface area contributed by atoms with Gasteiger partial charge in [0.15, 0.2) is 0 Å². The number of nitrogens with one attached hydrogen (secondary N) is 2. The number of carbonyl (C=O) groups is 4. The van der Waals surface area contributed by atoms with Gasteiger partial charge in [-0.3, -0.25) is 14.4 Å². The Bertz CT molecular complexity index is 1080. The lowest BCUT2D eigenvalue weighted by molar-refractivity contribution is -0.143. The van der Waals surface area contributed by atoms with Crippen LogP contribution in [-0.4, -0.2) is 52.9 Å². The molecular formula is C33H50N4O5. The van der Waals surface area contributed by atoms with Gasteiger partial charge < -0.3 is 26.0 Å². The van der Waals surface area contributed by atoms with Crippen molar-refractivity contribution in [3.8, 4) is 12.3 Å². The average Bonchev–Trinajstić information content (AvgIpc) is 2.93. The minimum Gasteiger partial charge on any atom is -0.444 e. The van der Waals surface area contributed by atoms with E-state index in [2.05, 4.69) is 23.5 Å². The van der Waals surface area contributed by atoms with Crippen molar-refractivity contribution in [3.63, 3.8) is 0 Å². The standard InChI is InChI=1S/C33H50N4O5/c1-6-8-9-10-16-23-37(31(40)27(21-22-28(34)38)36-32(41)42-33(3,4)5)29(26-20-15-14-17-24(26)7-2)30(39)35-25-18-12-11-13-19-25/h2,14-15,17,20,25,27,29H,6,8-13,16,18-19,21-23H2,1,3-5H3,(H2,34,38)(H,35,39)(H,36,41). The lowest BCUT2D eigenvalue weighted by Gasteiger charge is -2.36. The topological polar surface area (TPSA) is 131 Å². The van der Waals surface area contributed by atoms with Crippen molar-refractivity contribution in [2.45, 2.75) is 128 Å². The Labute approximate surface area is 251 Å². The van der Waals surface area contributed by atoms with Crippen LogP contribution in [0, 0.1) is 12.3 Å². The van der Waals surface area contributed by atoms with Gasteiger partial charge in [0, 0.05) is 24.6 Å². The summed E-state index contributed by atoms with van der Waals surface area (Å²) in [5.41, 5.74) is 5.68. The van der Waals surface area contributed by atoms with Crippen LogP contribution in [0.5, 0.6) is 0 Å². The molecule has 1 aromatic carbocycles. The first-order valence-corrected chi connectivity index (χ1v) is 15.4. The van der Waals surface area contributed by atoms with Crippen LogP contribution in [0.1, 0.15) is 122 Å². The number of unbranched alkanes of at least 4 members (excludes halogenated alkanes) is 4. The summed E-state index contributed by atoms with van der Waals surface area (Å²) in [6.45, 7) is 7.56. The van der Waals surface area contributed by atoms with Crippen molar-refractivity contribution in [1.82, 2.24) is 15.5 Å². The Hall–Kier alpha value is -3.54. The van der Waals surface area contributed by atoms with Crippen molar-refractivity contribution >= 4 is 23.8 Å². The molecule has 1 aliphatic carbocycles. The second-order valence-electron chi connectivity index (χ2n) is 12.1. The van der Waals surface area contributed by atoms with E-state index >= 15 is 0 Å². The summed E-state index contributed by atoms with van der Waals surface area (Å²) in [4.78, 5) is 54.5. The molecule has 2 atom stereocenters. The molecular weight excluding hydrogens is 532 g/mol. The Morgan fingerprint density at radius 2 is 1.74 bits per heavy atom. The molecule has 0 radical (unpaired) electrons. The molecule has 0 bridgehead atoms. The summed E-state index contributed by atoms with van der Waals surface area (Å²) >= 11 is 0. The number of nitrogens with zero attached hydrogens (tertiary/aromatic N) is 1. The van der Waals surface area contributed by atoms with Gasteiger partial charge in [0.05, 0.1) is 0 Å². The molecule has 9 nitrogen and oxygen atoms in total. The molecule has 9 heteroatoms. The van der Waals surface area contributed by atoms with Crippen LogP contribution in [0.4, 0.5) is 4.79 Å². The molecule has 1 aliphatic rings. The number of carbonyl (C=O) groups excluding carboxylic acids is 4. The Morgan fingerprint density at radius 3 is 2.36 bits per heavy atom. The van der Waals surface area contributed by atoms with Gasteiger partial charge in [-0.2, -0.15) is 0 Å². The molecule has 1 fully saturated rings. The number of alkyl carbamates (subject to hydrolysis) is 1. The van der Waals surface area contributed by atoms with E-state index in [4.69, 9.17) is 16.9 Å². The summed E-state index contributed by atoms with van der Waals surface area (Å²) in [6, 6.07) is 4.98. The third kappa shape index (κ3) is 11.8. The van der Waals surface area contributed by atoms with Crippen LogP contribution in [0.3, 0.4) is 0 Å². The predicted octanol–water partition coefficient (Wildman–Crippen LogP) is 5.12. The van der Waals surface area contributed by atoms with E-state index < -0.39 is 35.6 Å². The molecule has 1 aromatic rings. The zero-order valence-electron chi connectivity index (χ0n) is 25.9. The molecule has 1 saturated carbocycles. The third-order valence-corrected chi connectivity index (χ3v) is 7.38. The zero-order chi connectivity index (χ0) is 31.1. The van der Waals surface area contributed by atoms with Gasteiger partial charge in [-0.1, -0.05) is 76.0 Å². The number of benzene rings is 1. The average molecular weight is 583 g/mol. The van der Waals surface area contributed by atoms with Gasteiger partial charge in [-0.25, -0.2) is 4.79 Å². The predicted molar refractivity (Wildman–Crippen MR) is 164 cm³/mol. The first-order valence-electron chi connectivity index (χ1n) is 15.4. The highest BCUT2D eigenvalue weighted by molar-refractivity contribution is 5.93. The normalized spacial score (nSPS) is 15.1. The second-order valence-corrected chi connectivity index (χ2v) is 12.1. The van der Waals surface area contributed by atoms with Crippen molar-refractivity contribution in [2.75, 3.05) is 6.54 Å².